The van der Waals surface area contributed by atoms with Gasteiger partial charge in [-0.2, -0.15) is 10.2 Å². The number of benzene rings is 2. The summed E-state index contributed by atoms with van der Waals surface area (Å²) in [6.07, 6.45) is 3.71. The number of ether oxygens (including phenoxy) is 4. The van der Waals surface area contributed by atoms with Crippen LogP contribution in [-0.2, 0) is 0 Å². The van der Waals surface area contributed by atoms with Gasteiger partial charge in [0.1, 0.15) is 0 Å². The topological polar surface area (TPSA) is 68.1 Å². The zero-order valence-electron chi connectivity index (χ0n) is 15.3. The lowest BCUT2D eigenvalue weighted by Gasteiger charge is -2.31. The first-order valence-corrected chi connectivity index (χ1v) is 9.21. The summed E-state index contributed by atoms with van der Waals surface area (Å²) in [6, 6.07) is 11.7. The van der Waals surface area contributed by atoms with Crippen LogP contribution in [0.25, 0.3) is 0 Å². The molecule has 0 bridgehead atoms. The summed E-state index contributed by atoms with van der Waals surface area (Å²) in [6.45, 7) is 3.84. The molecule has 0 atom stereocenters. The Kier molecular flexibility index (Phi) is 4.36. The molecule has 0 unspecified atom stereocenters. The number of hydrogen-bond acceptors (Lipinski definition) is 8. The largest absolute Gasteiger partial charge is 0.454 e. The highest BCUT2D eigenvalue weighted by atomic mass is 16.7. The molecule has 144 valence electrons. The highest BCUT2D eigenvalue weighted by molar-refractivity contribution is 5.81. The molecule has 0 radical (unpaired) electrons. The van der Waals surface area contributed by atoms with E-state index < -0.39 is 0 Å². The SMILES string of the molecule is C(=N/N1CCN(/N=C/c2ccc3c(c2)OCO3)CC1)/c1ccc2c(c1)OCO2. The van der Waals surface area contributed by atoms with E-state index in [9.17, 15) is 0 Å². The fourth-order valence-corrected chi connectivity index (χ4v) is 3.20. The number of hydrazone groups is 2. The van der Waals surface area contributed by atoms with E-state index in [-0.39, 0.29) is 13.6 Å². The second-order valence-electron chi connectivity index (χ2n) is 6.62. The predicted molar refractivity (Wildman–Crippen MR) is 103 cm³/mol. The van der Waals surface area contributed by atoms with Gasteiger partial charge in [0, 0.05) is 0 Å². The van der Waals surface area contributed by atoms with E-state index in [0.717, 1.165) is 60.3 Å². The Balaban J connectivity index is 1.14. The maximum Gasteiger partial charge on any atom is 0.231 e. The highest BCUT2D eigenvalue weighted by Gasteiger charge is 2.15. The average molecular weight is 380 g/mol. The van der Waals surface area contributed by atoms with Crippen molar-refractivity contribution in [1.82, 2.24) is 10.0 Å². The standard InChI is InChI=1S/C20H20N4O4/c1-3-17-19(27-13-25-17)9-15(1)11-21-23-5-7-24(8-6-23)22-12-16-2-4-18-20(10-16)28-14-26-18/h1-4,9-12H,5-8,13-14H2/b21-11-,22-12+. The minimum atomic E-state index is 0.282. The Morgan fingerprint density at radius 3 is 1.50 bits per heavy atom. The quantitative estimate of drug-likeness (QED) is 0.757. The molecule has 3 aliphatic heterocycles. The molecule has 8 nitrogen and oxygen atoms in total. The number of rotatable bonds is 4. The summed E-state index contributed by atoms with van der Waals surface area (Å²) in [5.74, 6) is 3.11. The molecule has 0 N–H and O–H groups in total. The van der Waals surface area contributed by atoms with E-state index in [1.54, 1.807) is 0 Å². The molecule has 2 aromatic carbocycles. The van der Waals surface area contributed by atoms with Crippen LogP contribution in [0.1, 0.15) is 11.1 Å². The zero-order valence-corrected chi connectivity index (χ0v) is 15.3. The summed E-state index contributed by atoms with van der Waals surface area (Å²) in [7, 11) is 0. The van der Waals surface area contributed by atoms with Crippen LogP contribution in [0, 0.1) is 0 Å². The monoisotopic (exact) mass is 380 g/mol. The lowest BCUT2D eigenvalue weighted by Crippen LogP contribution is -2.41. The van der Waals surface area contributed by atoms with Gasteiger partial charge in [-0.15, -0.1) is 0 Å². The molecule has 1 fully saturated rings. The molecule has 5 rings (SSSR count). The van der Waals surface area contributed by atoms with Gasteiger partial charge in [0.15, 0.2) is 23.0 Å². The van der Waals surface area contributed by atoms with Crippen molar-refractivity contribution in [1.29, 1.82) is 0 Å². The van der Waals surface area contributed by atoms with Gasteiger partial charge in [0.2, 0.25) is 13.6 Å². The normalized spacial score (nSPS) is 17.9. The number of nitrogens with zero attached hydrogens (tertiary/aromatic N) is 4. The third-order valence-electron chi connectivity index (χ3n) is 4.77. The van der Waals surface area contributed by atoms with Gasteiger partial charge >= 0.3 is 0 Å². The van der Waals surface area contributed by atoms with Crippen LogP contribution in [0.15, 0.2) is 46.6 Å². The highest BCUT2D eigenvalue weighted by Crippen LogP contribution is 2.32. The van der Waals surface area contributed by atoms with E-state index in [1.165, 1.54) is 0 Å². The van der Waals surface area contributed by atoms with Gasteiger partial charge in [0.25, 0.3) is 0 Å². The molecule has 28 heavy (non-hydrogen) atoms. The summed E-state index contributed by atoms with van der Waals surface area (Å²) in [5, 5.41) is 13.3. The van der Waals surface area contributed by atoms with Crippen molar-refractivity contribution in [3.05, 3.63) is 47.5 Å². The Hall–Kier alpha value is -3.42. The number of piperazine rings is 1. The Labute approximate surface area is 162 Å². The van der Waals surface area contributed by atoms with Crippen LogP contribution < -0.4 is 18.9 Å². The molecule has 0 amide bonds. The molecule has 8 heteroatoms. The predicted octanol–water partition coefficient (Wildman–Crippen LogP) is 2.13. The first-order valence-electron chi connectivity index (χ1n) is 9.21. The van der Waals surface area contributed by atoms with Gasteiger partial charge < -0.3 is 18.9 Å². The minimum absolute atomic E-state index is 0.282. The van der Waals surface area contributed by atoms with Crippen LogP contribution in [0.4, 0.5) is 0 Å². The van der Waals surface area contributed by atoms with Gasteiger partial charge in [-0.05, 0) is 47.5 Å². The van der Waals surface area contributed by atoms with Gasteiger partial charge in [-0.25, -0.2) is 0 Å². The van der Waals surface area contributed by atoms with Crippen molar-refractivity contribution in [3.8, 4) is 23.0 Å². The van der Waals surface area contributed by atoms with E-state index in [1.807, 2.05) is 48.8 Å². The van der Waals surface area contributed by atoms with Crippen molar-refractivity contribution in [2.75, 3.05) is 39.8 Å². The van der Waals surface area contributed by atoms with E-state index in [0.29, 0.717) is 0 Å². The van der Waals surface area contributed by atoms with Crippen molar-refractivity contribution in [2.24, 2.45) is 10.2 Å². The number of fused-ring (bicyclic) bond motifs is 2. The second kappa shape index (κ2) is 7.30. The first kappa shape index (κ1) is 16.7. The van der Waals surface area contributed by atoms with Crippen LogP contribution in [-0.4, -0.2) is 62.2 Å². The third-order valence-corrected chi connectivity index (χ3v) is 4.77. The second-order valence-corrected chi connectivity index (χ2v) is 6.62. The molecule has 0 aromatic heterocycles. The smallest absolute Gasteiger partial charge is 0.231 e. The lowest BCUT2D eigenvalue weighted by molar-refractivity contribution is 0.141. The van der Waals surface area contributed by atoms with Crippen LogP contribution >= 0.6 is 0 Å². The Morgan fingerprint density at radius 1 is 0.607 bits per heavy atom. The fourth-order valence-electron chi connectivity index (χ4n) is 3.20. The Bertz CT molecular complexity index is 847. The Morgan fingerprint density at radius 2 is 1.04 bits per heavy atom. The molecule has 3 aliphatic rings. The molecule has 0 spiro atoms. The molecule has 1 saturated heterocycles. The van der Waals surface area contributed by atoms with Gasteiger partial charge in [-0.3, -0.25) is 10.0 Å². The third kappa shape index (κ3) is 3.53. The lowest BCUT2D eigenvalue weighted by atomic mass is 10.2. The molecular weight excluding hydrogens is 360 g/mol. The average Bonchev–Trinajstić information content (AvgIpc) is 3.39. The van der Waals surface area contributed by atoms with Crippen LogP contribution in [0.2, 0.25) is 0 Å². The van der Waals surface area contributed by atoms with E-state index in [2.05, 4.69) is 20.2 Å². The summed E-state index contributed by atoms with van der Waals surface area (Å²) < 4.78 is 21.5. The van der Waals surface area contributed by atoms with Crippen molar-refractivity contribution in [3.63, 3.8) is 0 Å². The van der Waals surface area contributed by atoms with Crippen molar-refractivity contribution < 1.29 is 18.9 Å². The summed E-state index contributed by atoms with van der Waals surface area (Å²) >= 11 is 0. The maximum absolute atomic E-state index is 5.40. The fraction of sp³-hybridized carbons (Fsp3) is 0.300. The summed E-state index contributed by atoms with van der Waals surface area (Å²) in [5.41, 5.74) is 1.99. The van der Waals surface area contributed by atoms with Crippen LogP contribution in [0.5, 0.6) is 23.0 Å². The van der Waals surface area contributed by atoms with Gasteiger partial charge in [0.05, 0.1) is 38.6 Å². The maximum atomic E-state index is 5.40. The molecular formula is C20H20N4O4. The van der Waals surface area contributed by atoms with Gasteiger partial charge in [-0.1, -0.05) is 0 Å². The molecule has 0 aliphatic carbocycles. The zero-order chi connectivity index (χ0) is 18.8. The molecule has 3 heterocycles. The van der Waals surface area contributed by atoms with Crippen molar-refractivity contribution >= 4 is 12.4 Å². The van der Waals surface area contributed by atoms with E-state index >= 15 is 0 Å². The van der Waals surface area contributed by atoms with E-state index in [4.69, 9.17) is 18.9 Å². The first-order chi connectivity index (χ1) is 13.8. The number of hydrogen-bond donors (Lipinski definition) is 0. The minimum Gasteiger partial charge on any atom is -0.454 e. The molecule has 0 saturated carbocycles. The van der Waals surface area contributed by atoms with Crippen molar-refractivity contribution in [2.45, 2.75) is 0 Å². The molecule has 2 aromatic rings. The van der Waals surface area contributed by atoms with Crippen LogP contribution in [0.3, 0.4) is 0 Å². The summed E-state index contributed by atoms with van der Waals surface area (Å²) in [4.78, 5) is 0.